The van der Waals surface area contributed by atoms with E-state index in [0.29, 0.717) is 39.9 Å². The molecule has 0 radical (unpaired) electrons. The zero-order valence-corrected chi connectivity index (χ0v) is 24.3. The van der Waals surface area contributed by atoms with Crippen molar-refractivity contribution in [1.29, 1.82) is 0 Å². The van der Waals surface area contributed by atoms with E-state index in [2.05, 4.69) is 15.5 Å². The Morgan fingerprint density at radius 2 is 1.22 bits per heavy atom. The first kappa shape index (κ1) is 28.8. The van der Waals surface area contributed by atoms with Gasteiger partial charge in [0, 0.05) is 10.8 Å². The number of carbonyl (C=O) groups excluding carboxylic acids is 1. The second-order valence-electron chi connectivity index (χ2n) is 9.90. The summed E-state index contributed by atoms with van der Waals surface area (Å²) in [6.45, 7) is 0.00461. The SMILES string of the molecule is COc1ccc(N=Nc2ccc(OC(=O)Oc3ccc4ccccc4c3N)c(NCOc3ccc4ccccc4c3N)c2)cc1. The Labute approximate surface area is 258 Å². The first-order valence-corrected chi connectivity index (χ1v) is 14.0. The predicted molar refractivity (Wildman–Crippen MR) is 176 cm³/mol. The highest BCUT2D eigenvalue weighted by Gasteiger charge is 2.16. The third-order valence-corrected chi connectivity index (χ3v) is 7.05. The van der Waals surface area contributed by atoms with Crippen LogP contribution in [0.5, 0.6) is 23.0 Å². The van der Waals surface area contributed by atoms with Crippen LogP contribution >= 0.6 is 0 Å². The molecule has 6 rings (SSSR count). The maximum atomic E-state index is 12.9. The van der Waals surface area contributed by atoms with Crippen molar-refractivity contribution in [3.8, 4) is 23.0 Å². The monoisotopic (exact) mass is 599 g/mol. The van der Waals surface area contributed by atoms with Crippen molar-refractivity contribution in [3.05, 3.63) is 115 Å². The zero-order valence-electron chi connectivity index (χ0n) is 24.3. The van der Waals surface area contributed by atoms with Crippen molar-refractivity contribution >= 4 is 56.1 Å². The van der Waals surface area contributed by atoms with E-state index in [-0.39, 0.29) is 18.2 Å². The van der Waals surface area contributed by atoms with E-state index in [9.17, 15) is 4.79 Å². The van der Waals surface area contributed by atoms with E-state index in [1.807, 2.05) is 66.7 Å². The van der Waals surface area contributed by atoms with Gasteiger partial charge in [0.05, 0.1) is 35.5 Å². The molecule has 0 amide bonds. The van der Waals surface area contributed by atoms with Gasteiger partial charge < -0.3 is 35.7 Å². The van der Waals surface area contributed by atoms with Crippen molar-refractivity contribution < 1.29 is 23.7 Å². The van der Waals surface area contributed by atoms with Gasteiger partial charge in [0.15, 0.2) is 18.2 Å². The number of ether oxygens (including phenoxy) is 4. The number of hydrogen-bond acceptors (Lipinski definition) is 10. The van der Waals surface area contributed by atoms with Crippen LogP contribution in [0, 0.1) is 0 Å². The normalized spacial score (nSPS) is 11.0. The maximum Gasteiger partial charge on any atom is 0.519 e. The molecular weight excluding hydrogens is 570 g/mol. The predicted octanol–water partition coefficient (Wildman–Crippen LogP) is 8.61. The topological polar surface area (TPSA) is 143 Å². The van der Waals surface area contributed by atoms with E-state index in [1.165, 1.54) is 0 Å². The lowest BCUT2D eigenvalue weighted by Crippen LogP contribution is -2.17. The number of anilines is 3. The van der Waals surface area contributed by atoms with Crippen LogP contribution in [-0.2, 0) is 0 Å². The van der Waals surface area contributed by atoms with Crippen LogP contribution in [0.25, 0.3) is 21.5 Å². The molecule has 0 bridgehead atoms. The Bertz CT molecular complexity index is 2030. The number of hydrogen-bond donors (Lipinski definition) is 3. The molecule has 0 fully saturated rings. The van der Waals surface area contributed by atoms with Crippen molar-refractivity contribution in [3.63, 3.8) is 0 Å². The van der Waals surface area contributed by atoms with Gasteiger partial charge in [0.2, 0.25) is 0 Å². The fraction of sp³-hybridized carbons (Fsp3) is 0.0571. The lowest BCUT2D eigenvalue weighted by molar-refractivity contribution is 0.152. The van der Waals surface area contributed by atoms with Crippen molar-refractivity contribution in [2.45, 2.75) is 0 Å². The summed E-state index contributed by atoms with van der Waals surface area (Å²) in [5.41, 5.74) is 15.0. The number of nitrogen functional groups attached to an aromatic ring is 2. The third-order valence-electron chi connectivity index (χ3n) is 7.05. The van der Waals surface area contributed by atoms with Crippen LogP contribution in [0.15, 0.2) is 125 Å². The Hall–Kier alpha value is -6.29. The van der Waals surface area contributed by atoms with Gasteiger partial charge in [-0.3, -0.25) is 0 Å². The van der Waals surface area contributed by atoms with Crippen LogP contribution in [0.4, 0.5) is 33.2 Å². The summed E-state index contributed by atoms with van der Waals surface area (Å²) >= 11 is 0. The largest absolute Gasteiger partial charge is 0.519 e. The van der Waals surface area contributed by atoms with E-state index in [1.54, 1.807) is 55.6 Å². The lowest BCUT2D eigenvalue weighted by Gasteiger charge is -2.15. The highest BCUT2D eigenvalue weighted by atomic mass is 16.7. The van der Waals surface area contributed by atoms with Gasteiger partial charge in [-0.1, -0.05) is 60.7 Å². The molecule has 0 aliphatic heterocycles. The molecule has 6 aromatic carbocycles. The Kier molecular flexibility index (Phi) is 8.27. The van der Waals surface area contributed by atoms with Gasteiger partial charge in [-0.15, -0.1) is 0 Å². The smallest absolute Gasteiger partial charge is 0.497 e. The van der Waals surface area contributed by atoms with E-state index in [0.717, 1.165) is 21.5 Å². The Balaban J connectivity index is 1.22. The van der Waals surface area contributed by atoms with Crippen LogP contribution in [0.2, 0.25) is 0 Å². The van der Waals surface area contributed by atoms with Crippen LogP contribution in [-0.4, -0.2) is 20.0 Å². The second-order valence-corrected chi connectivity index (χ2v) is 9.90. The summed E-state index contributed by atoms with van der Waals surface area (Å²) in [5.74, 6) is 1.59. The Morgan fingerprint density at radius 1 is 0.667 bits per heavy atom. The minimum absolute atomic E-state index is 0.00461. The number of rotatable bonds is 9. The van der Waals surface area contributed by atoms with Crippen LogP contribution < -0.4 is 35.7 Å². The molecule has 0 atom stereocenters. The van der Waals surface area contributed by atoms with Gasteiger partial charge >= 0.3 is 6.16 Å². The standard InChI is InChI=1S/C35H29N5O5/c1-42-26-15-12-24(13-16-26)39-40-25-14-19-30(44-35(41)45-32-18-11-23-7-3-5-9-28(23)34(32)37)29(20-25)38-21-43-31-17-10-22-6-2-4-8-27(22)33(31)36/h2-20,38H,21,36-37H2,1H3. The highest BCUT2D eigenvalue weighted by molar-refractivity contribution is 5.97. The molecule has 0 aliphatic carbocycles. The molecule has 0 heterocycles. The molecule has 10 nitrogen and oxygen atoms in total. The average molecular weight is 600 g/mol. The molecule has 5 N–H and O–H groups in total. The molecule has 45 heavy (non-hydrogen) atoms. The highest BCUT2D eigenvalue weighted by Crippen LogP contribution is 2.34. The summed E-state index contributed by atoms with van der Waals surface area (Å²) in [6, 6.07) is 34.6. The van der Waals surface area contributed by atoms with E-state index >= 15 is 0 Å². The molecule has 6 aromatic rings. The van der Waals surface area contributed by atoms with Crippen LogP contribution in [0.3, 0.4) is 0 Å². The summed E-state index contributed by atoms with van der Waals surface area (Å²) < 4.78 is 22.2. The number of carbonyl (C=O) groups is 1. The molecule has 224 valence electrons. The van der Waals surface area contributed by atoms with Gasteiger partial charge in [0.1, 0.15) is 11.5 Å². The second kappa shape index (κ2) is 12.9. The number of benzene rings is 6. The molecule has 0 unspecified atom stereocenters. The van der Waals surface area contributed by atoms with Gasteiger partial charge in [0.25, 0.3) is 0 Å². The summed E-state index contributed by atoms with van der Waals surface area (Å²) in [7, 11) is 1.60. The number of nitrogens with one attached hydrogen (secondary N) is 1. The summed E-state index contributed by atoms with van der Waals surface area (Å²) in [6.07, 6.45) is -0.965. The fourth-order valence-electron chi connectivity index (χ4n) is 4.73. The molecule has 0 spiro atoms. The minimum Gasteiger partial charge on any atom is -0.497 e. The quantitative estimate of drug-likeness (QED) is 0.0493. The molecule has 10 heteroatoms. The summed E-state index contributed by atoms with van der Waals surface area (Å²) in [5, 5.41) is 15.3. The molecule has 0 aliphatic rings. The first-order chi connectivity index (χ1) is 22.0. The van der Waals surface area contributed by atoms with Crippen molar-refractivity contribution in [2.75, 3.05) is 30.6 Å². The van der Waals surface area contributed by atoms with Gasteiger partial charge in [-0.2, -0.15) is 10.2 Å². The van der Waals surface area contributed by atoms with Gasteiger partial charge in [-0.25, -0.2) is 4.79 Å². The Morgan fingerprint density at radius 3 is 1.91 bits per heavy atom. The lowest BCUT2D eigenvalue weighted by atomic mass is 10.1. The fourth-order valence-corrected chi connectivity index (χ4v) is 4.73. The minimum atomic E-state index is -0.965. The van der Waals surface area contributed by atoms with E-state index < -0.39 is 6.16 Å². The van der Waals surface area contributed by atoms with Crippen molar-refractivity contribution in [2.24, 2.45) is 10.2 Å². The first-order valence-electron chi connectivity index (χ1n) is 14.0. The number of nitrogens with two attached hydrogens (primary N) is 2. The number of nitrogens with zero attached hydrogens (tertiary/aromatic N) is 2. The maximum absolute atomic E-state index is 12.9. The third kappa shape index (κ3) is 6.55. The van der Waals surface area contributed by atoms with Crippen molar-refractivity contribution in [1.82, 2.24) is 0 Å². The molecule has 0 saturated heterocycles. The van der Waals surface area contributed by atoms with E-state index in [4.69, 9.17) is 30.4 Å². The number of methoxy groups -OCH3 is 1. The number of fused-ring (bicyclic) bond motifs is 2. The molecule has 0 aromatic heterocycles. The van der Waals surface area contributed by atoms with Crippen LogP contribution in [0.1, 0.15) is 0 Å². The number of azo groups is 1. The molecule has 0 saturated carbocycles. The molecular formula is C35H29N5O5. The average Bonchev–Trinajstić information content (AvgIpc) is 3.07. The van der Waals surface area contributed by atoms with Gasteiger partial charge in [-0.05, 0) is 65.4 Å². The summed E-state index contributed by atoms with van der Waals surface area (Å²) in [4.78, 5) is 12.9. The zero-order chi connectivity index (χ0) is 31.2.